The molecule has 0 amide bonds. The Balaban J connectivity index is 4.08. The number of ether oxygens (including phenoxy) is 2. The normalized spacial score (nSPS) is 14.1. The van der Waals surface area contributed by atoms with Crippen molar-refractivity contribution in [1.82, 2.24) is 0 Å². The van der Waals surface area contributed by atoms with E-state index in [-0.39, 0.29) is 25.8 Å². The molecule has 2 unspecified atom stereocenters. The summed E-state index contributed by atoms with van der Waals surface area (Å²) >= 11 is 0. The number of phosphoric ester groups is 1. The van der Waals surface area contributed by atoms with Crippen LogP contribution in [0.3, 0.4) is 0 Å². The first-order chi connectivity index (χ1) is 30.1. The Morgan fingerprint density at radius 3 is 1.42 bits per heavy atom. The molecule has 0 aliphatic rings. The van der Waals surface area contributed by atoms with Crippen LogP contribution in [0.2, 0.25) is 0 Å². The topological polar surface area (TPSA) is 91.3 Å². The first kappa shape index (κ1) is 60.2. The van der Waals surface area contributed by atoms with Crippen molar-refractivity contribution in [2.24, 2.45) is 0 Å². The van der Waals surface area contributed by atoms with Crippen LogP contribution in [0, 0.1) is 0 Å². The first-order valence-electron chi connectivity index (χ1n) is 25.5. The molecule has 62 heavy (non-hydrogen) atoms. The van der Waals surface area contributed by atoms with Crippen LogP contribution in [0.15, 0.2) is 60.8 Å². The van der Waals surface area contributed by atoms with Crippen LogP contribution in [0.4, 0.5) is 0 Å². The lowest BCUT2D eigenvalue weighted by Crippen LogP contribution is -2.37. The van der Waals surface area contributed by atoms with Crippen LogP contribution in [0.5, 0.6) is 0 Å². The van der Waals surface area contributed by atoms with Gasteiger partial charge in [-0.15, -0.1) is 0 Å². The fraction of sp³-hybridized carbons (Fsp3) is 0.792. The van der Waals surface area contributed by atoms with Crippen LogP contribution in [0.25, 0.3) is 0 Å². The quantitative estimate of drug-likeness (QED) is 0.0214. The van der Waals surface area contributed by atoms with Crippen molar-refractivity contribution in [2.45, 2.75) is 219 Å². The standard InChI is InChI=1S/C53H98NO7P/c1-6-8-10-12-14-16-18-20-22-23-24-25-26-27-28-29-30-31-32-33-35-37-39-41-43-45-48-58-50-52(51-60-62(56,57)59-49-47-54(3,4)5)61-53(55)46-44-42-40-38-36-34-21-19-17-15-13-11-9-7-2/h8,10,14,16,19-22,24-25,52H,6-7,9,11-13,15,17-18,23,26-51H2,1-5H3/p+1/b10-8-,16-14-,21-19-,22-20-,25-24-. The summed E-state index contributed by atoms with van der Waals surface area (Å²) in [5, 5.41) is 0. The van der Waals surface area contributed by atoms with E-state index in [4.69, 9.17) is 18.5 Å². The summed E-state index contributed by atoms with van der Waals surface area (Å²) in [4.78, 5) is 23.0. The average Bonchev–Trinajstić information content (AvgIpc) is 3.23. The van der Waals surface area contributed by atoms with Crippen molar-refractivity contribution in [2.75, 3.05) is 54.1 Å². The van der Waals surface area contributed by atoms with Crippen molar-refractivity contribution in [3.63, 3.8) is 0 Å². The summed E-state index contributed by atoms with van der Waals surface area (Å²) < 4.78 is 35.1. The Morgan fingerprint density at radius 1 is 0.516 bits per heavy atom. The first-order valence-corrected chi connectivity index (χ1v) is 27.0. The average molecular weight is 893 g/mol. The summed E-state index contributed by atoms with van der Waals surface area (Å²) in [6, 6.07) is 0. The number of carbonyl (C=O) groups is 1. The minimum absolute atomic E-state index is 0.0856. The lowest BCUT2D eigenvalue weighted by atomic mass is 10.0. The van der Waals surface area contributed by atoms with Crippen molar-refractivity contribution in [3.05, 3.63) is 60.8 Å². The zero-order valence-corrected chi connectivity index (χ0v) is 42.0. The van der Waals surface area contributed by atoms with Gasteiger partial charge in [0.1, 0.15) is 19.3 Å². The van der Waals surface area contributed by atoms with Gasteiger partial charge in [0.15, 0.2) is 0 Å². The molecule has 0 aromatic carbocycles. The minimum atomic E-state index is -4.28. The highest BCUT2D eigenvalue weighted by molar-refractivity contribution is 7.47. The number of nitrogens with zero attached hydrogens (tertiary/aromatic N) is 1. The highest BCUT2D eigenvalue weighted by atomic mass is 31.2. The van der Waals surface area contributed by atoms with E-state index < -0.39 is 13.9 Å². The van der Waals surface area contributed by atoms with Crippen molar-refractivity contribution in [1.29, 1.82) is 0 Å². The van der Waals surface area contributed by atoms with Gasteiger partial charge in [0.2, 0.25) is 0 Å². The molecular weight excluding hydrogens is 794 g/mol. The molecule has 362 valence electrons. The van der Waals surface area contributed by atoms with E-state index in [9.17, 15) is 14.3 Å². The van der Waals surface area contributed by atoms with Crippen LogP contribution >= 0.6 is 7.82 Å². The van der Waals surface area contributed by atoms with Crippen LogP contribution in [-0.2, 0) is 27.9 Å². The third-order valence-electron chi connectivity index (χ3n) is 10.8. The smallest absolute Gasteiger partial charge is 0.457 e. The Labute approximate surface area is 383 Å². The summed E-state index contributed by atoms with van der Waals surface area (Å²) in [6.45, 7) is 5.50. The molecule has 0 fully saturated rings. The number of phosphoric acid groups is 1. The van der Waals surface area contributed by atoms with Crippen LogP contribution in [0.1, 0.15) is 213 Å². The molecule has 0 heterocycles. The largest absolute Gasteiger partial charge is 0.472 e. The second-order valence-electron chi connectivity index (χ2n) is 18.2. The lowest BCUT2D eigenvalue weighted by molar-refractivity contribution is -0.870. The van der Waals surface area contributed by atoms with Gasteiger partial charge in [-0.1, -0.05) is 190 Å². The molecule has 0 aliphatic carbocycles. The molecule has 9 heteroatoms. The molecule has 0 aliphatic heterocycles. The van der Waals surface area contributed by atoms with Gasteiger partial charge in [-0.05, 0) is 77.0 Å². The SMILES string of the molecule is CC/C=C\C/C=C\C/C=C\C/C=C\CCCCCCCCCCCCCCCOCC(COP(=O)(O)OCC[N+](C)(C)C)OC(=O)CCCCCCC/C=C\CCCCCCC. The van der Waals surface area contributed by atoms with Gasteiger partial charge in [0, 0.05) is 13.0 Å². The predicted octanol–water partition coefficient (Wildman–Crippen LogP) is 15.7. The number of quaternary nitrogens is 1. The molecule has 8 nitrogen and oxygen atoms in total. The van der Waals surface area contributed by atoms with Crippen molar-refractivity contribution >= 4 is 13.8 Å². The monoisotopic (exact) mass is 893 g/mol. The number of likely N-dealkylation sites (N-methyl/N-ethyl adjacent to an activating group) is 1. The number of carbonyl (C=O) groups excluding carboxylic acids is 1. The molecule has 2 atom stereocenters. The molecule has 0 spiro atoms. The molecule has 0 saturated heterocycles. The Kier molecular flexibility index (Phi) is 44.4. The molecule has 0 aromatic rings. The summed E-state index contributed by atoms with van der Waals surface area (Å²) in [5.41, 5.74) is 0. The van der Waals surface area contributed by atoms with Gasteiger partial charge in [-0.3, -0.25) is 13.8 Å². The number of unbranched alkanes of at least 4 members (excludes halogenated alkanes) is 23. The number of esters is 1. The van der Waals surface area contributed by atoms with E-state index in [1.165, 1.54) is 122 Å². The van der Waals surface area contributed by atoms with E-state index in [1.54, 1.807) is 0 Å². The number of allylic oxidation sites excluding steroid dienone is 10. The van der Waals surface area contributed by atoms with Gasteiger partial charge < -0.3 is 18.9 Å². The van der Waals surface area contributed by atoms with Gasteiger partial charge in [0.05, 0.1) is 34.4 Å². The van der Waals surface area contributed by atoms with Gasteiger partial charge >= 0.3 is 13.8 Å². The van der Waals surface area contributed by atoms with E-state index in [0.717, 1.165) is 70.6 Å². The molecular formula is C53H99NO7P+. The molecule has 0 rings (SSSR count). The Morgan fingerprint density at radius 2 is 0.935 bits per heavy atom. The molecule has 0 radical (unpaired) electrons. The number of hydrogen-bond acceptors (Lipinski definition) is 6. The lowest BCUT2D eigenvalue weighted by Gasteiger charge is -2.24. The van der Waals surface area contributed by atoms with E-state index in [1.807, 2.05) is 21.1 Å². The second kappa shape index (κ2) is 45.8. The second-order valence-corrected chi connectivity index (χ2v) is 19.6. The summed E-state index contributed by atoms with van der Waals surface area (Å²) in [5.74, 6) is -0.323. The predicted molar refractivity (Wildman–Crippen MR) is 266 cm³/mol. The zero-order valence-electron chi connectivity index (χ0n) is 41.1. The van der Waals surface area contributed by atoms with E-state index in [2.05, 4.69) is 74.6 Å². The Hall–Kier alpha value is -1.80. The number of rotatable bonds is 47. The van der Waals surface area contributed by atoms with E-state index >= 15 is 0 Å². The minimum Gasteiger partial charge on any atom is -0.457 e. The zero-order chi connectivity index (χ0) is 45.5. The third-order valence-corrected chi connectivity index (χ3v) is 11.8. The van der Waals surface area contributed by atoms with Gasteiger partial charge in [0.25, 0.3) is 0 Å². The Bertz CT molecular complexity index is 1170. The van der Waals surface area contributed by atoms with Gasteiger partial charge in [-0.25, -0.2) is 4.57 Å². The third kappa shape index (κ3) is 49.2. The van der Waals surface area contributed by atoms with E-state index in [0.29, 0.717) is 24.1 Å². The summed E-state index contributed by atoms with van der Waals surface area (Å²) in [6.07, 6.45) is 58.4. The maximum absolute atomic E-state index is 12.7. The van der Waals surface area contributed by atoms with Crippen LogP contribution < -0.4 is 0 Å². The molecule has 0 bridgehead atoms. The molecule has 0 saturated carbocycles. The van der Waals surface area contributed by atoms with Gasteiger partial charge in [-0.2, -0.15) is 0 Å². The highest BCUT2D eigenvalue weighted by Crippen LogP contribution is 2.43. The maximum atomic E-state index is 12.7. The maximum Gasteiger partial charge on any atom is 0.472 e. The van der Waals surface area contributed by atoms with Crippen molar-refractivity contribution < 1.29 is 37.3 Å². The molecule has 1 N–H and O–H groups in total. The molecule has 0 aromatic heterocycles. The fourth-order valence-electron chi connectivity index (χ4n) is 6.89. The van der Waals surface area contributed by atoms with Crippen LogP contribution in [-0.4, -0.2) is 75.6 Å². The number of hydrogen-bond donors (Lipinski definition) is 1. The van der Waals surface area contributed by atoms with Crippen molar-refractivity contribution in [3.8, 4) is 0 Å². The fourth-order valence-corrected chi connectivity index (χ4v) is 7.63. The summed E-state index contributed by atoms with van der Waals surface area (Å²) in [7, 11) is 1.66. The highest BCUT2D eigenvalue weighted by Gasteiger charge is 2.26.